The third-order valence-electron chi connectivity index (χ3n) is 11.7. The van der Waals surface area contributed by atoms with Crippen molar-refractivity contribution in [2.45, 2.75) is 56.8 Å². The molecular formula is C49H40N4. The number of benzene rings is 6. The molecule has 7 aromatic rings. The number of aromatic nitrogens is 3. The van der Waals surface area contributed by atoms with Gasteiger partial charge in [-0.25, -0.2) is 15.0 Å². The van der Waals surface area contributed by atoms with Crippen molar-refractivity contribution in [1.29, 1.82) is 5.26 Å². The highest BCUT2D eigenvalue weighted by molar-refractivity contribution is 5.83. The van der Waals surface area contributed by atoms with E-state index in [1.54, 1.807) is 0 Å². The summed E-state index contributed by atoms with van der Waals surface area (Å²) in [5.74, 6) is 1.96. The van der Waals surface area contributed by atoms with Gasteiger partial charge in [0.1, 0.15) is 0 Å². The molecule has 1 fully saturated rings. The molecule has 4 nitrogen and oxygen atoms in total. The first-order valence-electron chi connectivity index (χ1n) is 18.7. The zero-order valence-corrected chi connectivity index (χ0v) is 30.2. The number of hydrogen-bond donors (Lipinski definition) is 0. The molecule has 0 saturated heterocycles. The molecule has 0 unspecified atom stereocenters. The lowest BCUT2D eigenvalue weighted by molar-refractivity contribution is 0.353. The Morgan fingerprint density at radius 1 is 0.491 bits per heavy atom. The number of hydrogen-bond acceptors (Lipinski definition) is 4. The van der Waals surface area contributed by atoms with Crippen LogP contribution < -0.4 is 0 Å². The predicted molar refractivity (Wildman–Crippen MR) is 214 cm³/mol. The van der Waals surface area contributed by atoms with Gasteiger partial charge in [-0.1, -0.05) is 154 Å². The first kappa shape index (κ1) is 32.7. The topological polar surface area (TPSA) is 62.5 Å². The van der Waals surface area contributed by atoms with E-state index < -0.39 is 0 Å². The number of nitrogens with zero attached hydrogens (tertiary/aromatic N) is 4. The fourth-order valence-corrected chi connectivity index (χ4v) is 8.69. The Balaban J connectivity index is 1.18. The molecule has 0 bridgehead atoms. The largest absolute Gasteiger partial charge is 0.208 e. The van der Waals surface area contributed by atoms with Gasteiger partial charge < -0.3 is 0 Å². The van der Waals surface area contributed by atoms with Crippen LogP contribution in [0.1, 0.15) is 73.8 Å². The molecule has 0 aliphatic heterocycles. The molecular weight excluding hydrogens is 645 g/mol. The molecule has 2 aliphatic carbocycles. The van der Waals surface area contributed by atoms with Crippen LogP contribution in [0.15, 0.2) is 146 Å². The van der Waals surface area contributed by atoms with E-state index in [0.717, 1.165) is 33.4 Å². The zero-order valence-electron chi connectivity index (χ0n) is 30.2. The predicted octanol–water partition coefficient (Wildman–Crippen LogP) is 12.0. The monoisotopic (exact) mass is 684 g/mol. The molecule has 4 heteroatoms. The fourth-order valence-electron chi connectivity index (χ4n) is 8.69. The number of fused-ring (bicyclic) bond motifs is 5. The van der Waals surface area contributed by atoms with Crippen molar-refractivity contribution in [2.24, 2.45) is 0 Å². The summed E-state index contributed by atoms with van der Waals surface area (Å²) in [6.07, 6.45) is 6.11. The first-order valence-corrected chi connectivity index (χ1v) is 18.7. The fraction of sp³-hybridized carbons (Fsp3) is 0.184. The van der Waals surface area contributed by atoms with Crippen LogP contribution in [0.5, 0.6) is 0 Å². The molecule has 53 heavy (non-hydrogen) atoms. The molecule has 1 spiro atoms. The number of nitriles is 1. The summed E-state index contributed by atoms with van der Waals surface area (Å²) in [5.41, 5.74) is 13.3. The van der Waals surface area contributed by atoms with E-state index in [4.69, 9.17) is 15.0 Å². The summed E-state index contributed by atoms with van der Waals surface area (Å²) in [6.45, 7) is 4.40. The summed E-state index contributed by atoms with van der Waals surface area (Å²) in [6, 6.07) is 53.5. The lowest BCUT2D eigenvalue weighted by Crippen LogP contribution is -2.28. The van der Waals surface area contributed by atoms with Gasteiger partial charge in [0, 0.05) is 27.5 Å². The Labute approximate surface area is 311 Å². The van der Waals surface area contributed by atoms with Crippen LogP contribution >= 0.6 is 0 Å². The second kappa shape index (κ2) is 13.1. The maximum Gasteiger partial charge on any atom is 0.164 e. The van der Waals surface area contributed by atoms with Gasteiger partial charge in [0.2, 0.25) is 0 Å². The molecule has 0 atom stereocenters. The van der Waals surface area contributed by atoms with Crippen molar-refractivity contribution in [3.8, 4) is 62.5 Å². The standard InChI is InChI=1S/C49H40N4/c1-48(2,39-17-11-13-33(29-39)32-50)40-18-12-16-37(30-40)46-51-45(36-23-21-35(22-24-36)34-14-5-3-6-15-34)52-47(53-46)38-25-26-42-41-19-7-8-20-43(41)49(44(42)31-38)27-9-4-10-28-49/h3,5-8,11-26,29-31H,4,9-10,27-28H2,1-2H3. The molecule has 0 N–H and O–H groups in total. The van der Waals surface area contributed by atoms with E-state index in [9.17, 15) is 5.26 Å². The SMILES string of the molecule is CC(C)(c1cccc(C#N)c1)c1cccc(-c2nc(-c3ccc(-c4ccccc4)cc3)nc(-c3ccc4c(c3)C3(CCCCC3)c3ccccc3-4)n2)c1. The number of rotatable bonds is 6. The second-order valence-corrected chi connectivity index (χ2v) is 15.1. The molecule has 0 radical (unpaired) electrons. The van der Waals surface area contributed by atoms with E-state index in [-0.39, 0.29) is 10.8 Å². The second-order valence-electron chi connectivity index (χ2n) is 15.1. The lowest BCUT2D eigenvalue weighted by Gasteiger charge is -2.36. The van der Waals surface area contributed by atoms with Crippen molar-refractivity contribution in [2.75, 3.05) is 0 Å². The summed E-state index contributed by atoms with van der Waals surface area (Å²) in [4.78, 5) is 15.6. The Morgan fingerprint density at radius 3 is 1.77 bits per heavy atom. The minimum atomic E-state index is -0.349. The summed E-state index contributed by atoms with van der Waals surface area (Å²) in [7, 11) is 0. The maximum absolute atomic E-state index is 9.60. The maximum atomic E-state index is 9.60. The van der Waals surface area contributed by atoms with Gasteiger partial charge >= 0.3 is 0 Å². The zero-order chi connectivity index (χ0) is 36.0. The van der Waals surface area contributed by atoms with Gasteiger partial charge in [0.05, 0.1) is 11.6 Å². The Bertz CT molecular complexity index is 2520. The van der Waals surface area contributed by atoms with Gasteiger partial charge in [-0.3, -0.25) is 0 Å². The minimum Gasteiger partial charge on any atom is -0.208 e. The van der Waals surface area contributed by atoms with Crippen molar-refractivity contribution >= 4 is 0 Å². The Morgan fingerprint density at radius 2 is 1.04 bits per heavy atom. The van der Waals surface area contributed by atoms with Crippen LogP contribution in [0.3, 0.4) is 0 Å². The highest BCUT2D eigenvalue weighted by Gasteiger charge is 2.43. The van der Waals surface area contributed by atoms with Crippen LogP contribution in [0, 0.1) is 11.3 Å². The Hall–Kier alpha value is -6.18. The minimum absolute atomic E-state index is 0.0366. The molecule has 6 aromatic carbocycles. The van der Waals surface area contributed by atoms with Crippen LogP contribution in [0.25, 0.3) is 56.4 Å². The highest BCUT2D eigenvalue weighted by atomic mass is 15.0. The molecule has 9 rings (SSSR count). The molecule has 256 valence electrons. The molecule has 2 aliphatic rings. The van der Waals surface area contributed by atoms with Crippen molar-refractivity contribution in [3.05, 3.63) is 173 Å². The van der Waals surface area contributed by atoms with Crippen molar-refractivity contribution < 1.29 is 0 Å². The van der Waals surface area contributed by atoms with E-state index in [1.807, 2.05) is 24.3 Å². The molecule has 1 saturated carbocycles. The van der Waals surface area contributed by atoms with Gasteiger partial charge in [-0.2, -0.15) is 5.26 Å². The van der Waals surface area contributed by atoms with Crippen LogP contribution in [0.4, 0.5) is 0 Å². The lowest BCUT2D eigenvalue weighted by atomic mass is 9.67. The first-order chi connectivity index (χ1) is 25.9. The molecule has 0 amide bonds. The van der Waals surface area contributed by atoms with Crippen LogP contribution in [-0.2, 0) is 10.8 Å². The smallest absolute Gasteiger partial charge is 0.164 e. The Kier molecular flexibility index (Phi) is 8.09. The van der Waals surface area contributed by atoms with E-state index in [0.29, 0.717) is 23.0 Å². The van der Waals surface area contributed by atoms with Crippen molar-refractivity contribution in [1.82, 2.24) is 15.0 Å². The van der Waals surface area contributed by atoms with Crippen LogP contribution in [-0.4, -0.2) is 15.0 Å². The quantitative estimate of drug-likeness (QED) is 0.175. The van der Waals surface area contributed by atoms with Crippen LogP contribution in [0.2, 0.25) is 0 Å². The van der Waals surface area contributed by atoms with Gasteiger partial charge in [-0.05, 0) is 81.6 Å². The summed E-state index contributed by atoms with van der Waals surface area (Å²) < 4.78 is 0. The third-order valence-corrected chi connectivity index (χ3v) is 11.7. The highest BCUT2D eigenvalue weighted by Crippen LogP contribution is 2.56. The normalized spacial score (nSPS) is 14.4. The van der Waals surface area contributed by atoms with Gasteiger partial charge in [0.15, 0.2) is 17.5 Å². The van der Waals surface area contributed by atoms with E-state index in [2.05, 4.69) is 141 Å². The third kappa shape index (κ3) is 5.74. The van der Waals surface area contributed by atoms with E-state index in [1.165, 1.54) is 59.9 Å². The average Bonchev–Trinajstić information content (AvgIpc) is 3.49. The van der Waals surface area contributed by atoms with Gasteiger partial charge in [0.25, 0.3) is 0 Å². The summed E-state index contributed by atoms with van der Waals surface area (Å²) in [5, 5.41) is 9.60. The summed E-state index contributed by atoms with van der Waals surface area (Å²) >= 11 is 0. The van der Waals surface area contributed by atoms with Crippen molar-refractivity contribution in [3.63, 3.8) is 0 Å². The average molecular weight is 685 g/mol. The molecule has 1 heterocycles. The van der Waals surface area contributed by atoms with E-state index >= 15 is 0 Å². The van der Waals surface area contributed by atoms with Gasteiger partial charge in [-0.15, -0.1) is 0 Å². The molecule has 1 aromatic heterocycles.